The molecule has 0 atom stereocenters. The molecule has 3 rings (SSSR count). The fourth-order valence-corrected chi connectivity index (χ4v) is 3.06. The highest BCUT2D eigenvalue weighted by Crippen LogP contribution is 2.28. The molecule has 0 radical (unpaired) electrons. The van der Waals surface area contributed by atoms with Gasteiger partial charge in [0, 0.05) is 18.2 Å². The van der Waals surface area contributed by atoms with Gasteiger partial charge in [0.25, 0.3) is 0 Å². The van der Waals surface area contributed by atoms with Gasteiger partial charge in [-0.2, -0.15) is 0 Å². The molecule has 1 fully saturated rings. The van der Waals surface area contributed by atoms with Crippen molar-refractivity contribution < 1.29 is 0 Å². The second kappa shape index (κ2) is 7.39. The van der Waals surface area contributed by atoms with E-state index in [1.54, 1.807) is 6.33 Å². The summed E-state index contributed by atoms with van der Waals surface area (Å²) in [6.45, 7) is 4.79. The minimum atomic E-state index is 0.340. The zero-order valence-electron chi connectivity index (χ0n) is 13.9. The predicted octanol–water partition coefficient (Wildman–Crippen LogP) is 3.01. The minimum absolute atomic E-state index is 0.340. The molecule has 7 nitrogen and oxygen atoms in total. The van der Waals surface area contributed by atoms with Crippen LogP contribution in [-0.2, 0) is 6.54 Å². The molecule has 2 N–H and O–H groups in total. The molecule has 7 heteroatoms. The zero-order chi connectivity index (χ0) is 16.1. The molecule has 124 valence electrons. The van der Waals surface area contributed by atoms with Gasteiger partial charge < -0.3 is 15.2 Å². The summed E-state index contributed by atoms with van der Waals surface area (Å²) in [4.78, 5) is 8.49. The second-order valence-corrected chi connectivity index (χ2v) is 6.39. The number of nitrogens with one attached hydrogen (secondary N) is 2. The van der Waals surface area contributed by atoms with Crippen LogP contribution in [0.2, 0.25) is 0 Å². The lowest BCUT2D eigenvalue weighted by molar-refractivity contribution is 0.346. The van der Waals surface area contributed by atoms with Crippen molar-refractivity contribution in [1.29, 1.82) is 0 Å². The van der Waals surface area contributed by atoms with Crippen molar-refractivity contribution >= 4 is 11.6 Å². The fourth-order valence-electron chi connectivity index (χ4n) is 3.06. The number of hydrogen-bond acceptors (Lipinski definition) is 6. The molecule has 1 saturated carbocycles. The van der Waals surface area contributed by atoms with Crippen LogP contribution in [0.5, 0.6) is 0 Å². The largest absolute Gasteiger partial charge is 0.368 e. The lowest BCUT2D eigenvalue weighted by Crippen LogP contribution is -2.17. The van der Waals surface area contributed by atoms with Gasteiger partial charge in [-0.25, -0.2) is 9.97 Å². The van der Waals surface area contributed by atoms with Crippen molar-refractivity contribution in [3.8, 4) is 0 Å². The average Bonchev–Trinajstić information content (AvgIpc) is 3.02. The van der Waals surface area contributed by atoms with Crippen LogP contribution in [0.15, 0.2) is 18.7 Å². The first-order chi connectivity index (χ1) is 11.2. The highest BCUT2D eigenvalue weighted by atomic mass is 15.3. The van der Waals surface area contributed by atoms with Crippen molar-refractivity contribution in [3.63, 3.8) is 0 Å². The summed E-state index contributed by atoms with van der Waals surface area (Å²) in [5, 5.41) is 15.0. The Labute approximate surface area is 136 Å². The summed E-state index contributed by atoms with van der Waals surface area (Å²) in [5.41, 5.74) is 0. The number of nitrogens with zero attached hydrogens (tertiary/aromatic N) is 5. The molecule has 0 saturated heterocycles. The molecule has 0 aromatic carbocycles. The Morgan fingerprint density at radius 3 is 2.74 bits per heavy atom. The molecule has 2 aromatic rings. The first kappa shape index (κ1) is 15.7. The third kappa shape index (κ3) is 4.18. The molecule has 0 unspecified atom stereocenters. The van der Waals surface area contributed by atoms with Crippen LogP contribution in [0.25, 0.3) is 0 Å². The molecule has 23 heavy (non-hydrogen) atoms. The summed E-state index contributed by atoms with van der Waals surface area (Å²) in [6.07, 6.45) is 9.82. The topological polar surface area (TPSA) is 80.5 Å². The Morgan fingerprint density at radius 1 is 1.17 bits per heavy atom. The van der Waals surface area contributed by atoms with E-state index in [2.05, 4.69) is 49.2 Å². The molecule has 0 bridgehead atoms. The lowest BCUT2D eigenvalue weighted by atomic mass is 9.95. The molecule has 1 aliphatic carbocycles. The van der Waals surface area contributed by atoms with Crippen LogP contribution in [0.1, 0.15) is 57.8 Å². The van der Waals surface area contributed by atoms with Crippen molar-refractivity contribution in [2.75, 3.05) is 10.6 Å². The Balaban J connectivity index is 1.63. The van der Waals surface area contributed by atoms with E-state index in [1.807, 2.05) is 12.4 Å². The van der Waals surface area contributed by atoms with Gasteiger partial charge in [-0.15, -0.1) is 10.2 Å². The van der Waals surface area contributed by atoms with E-state index < -0.39 is 0 Å². The molecule has 1 aliphatic rings. The first-order valence-electron chi connectivity index (χ1n) is 8.43. The average molecular weight is 315 g/mol. The molecule has 0 aliphatic heterocycles. The number of rotatable bonds is 6. The number of aromatic nitrogens is 5. The van der Waals surface area contributed by atoms with Gasteiger partial charge in [0.15, 0.2) is 5.82 Å². The summed E-state index contributed by atoms with van der Waals surface area (Å²) in [7, 11) is 0. The van der Waals surface area contributed by atoms with Crippen molar-refractivity contribution in [3.05, 3.63) is 24.5 Å². The highest BCUT2D eigenvalue weighted by Gasteiger charge is 2.18. The molecule has 0 amide bonds. The van der Waals surface area contributed by atoms with E-state index >= 15 is 0 Å². The summed E-state index contributed by atoms with van der Waals surface area (Å²) >= 11 is 0. The van der Waals surface area contributed by atoms with Crippen LogP contribution < -0.4 is 10.6 Å². The van der Waals surface area contributed by atoms with E-state index in [4.69, 9.17) is 0 Å². The Morgan fingerprint density at radius 2 is 1.96 bits per heavy atom. The maximum Gasteiger partial charge on any atom is 0.152 e. The van der Waals surface area contributed by atoms with Crippen LogP contribution in [0, 0.1) is 0 Å². The summed E-state index contributed by atoms with van der Waals surface area (Å²) in [6, 6.07) is 2.80. The van der Waals surface area contributed by atoms with Crippen LogP contribution in [-0.4, -0.2) is 30.8 Å². The standard InChI is InChI=1S/C16H25N7/c1-12(2)21-15-8-14(18-10-19-15)17-9-16-22-20-11-23(16)13-6-4-3-5-7-13/h8,10-13H,3-7,9H2,1-2H3,(H2,17,18,19,21). The maximum atomic E-state index is 4.27. The van der Waals surface area contributed by atoms with Crippen molar-refractivity contribution in [2.24, 2.45) is 0 Å². The monoisotopic (exact) mass is 315 g/mol. The first-order valence-corrected chi connectivity index (χ1v) is 8.43. The Kier molecular flexibility index (Phi) is 5.05. The third-order valence-electron chi connectivity index (χ3n) is 4.15. The van der Waals surface area contributed by atoms with Crippen LogP contribution >= 0.6 is 0 Å². The van der Waals surface area contributed by atoms with Crippen molar-refractivity contribution in [2.45, 2.75) is 64.6 Å². The third-order valence-corrected chi connectivity index (χ3v) is 4.15. The van der Waals surface area contributed by atoms with Gasteiger partial charge in [-0.05, 0) is 26.7 Å². The molecule has 2 heterocycles. The summed E-state index contributed by atoms with van der Waals surface area (Å²) < 4.78 is 2.22. The smallest absolute Gasteiger partial charge is 0.152 e. The normalized spacial score (nSPS) is 15.8. The van der Waals surface area contributed by atoms with Gasteiger partial charge in [0.05, 0.1) is 6.54 Å². The van der Waals surface area contributed by atoms with Crippen LogP contribution in [0.4, 0.5) is 11.6 Å². The SMILES string of the molecule is CC(C)Nc1cc(NCc2nncn2C2CCCCC2)ncn1. The zero-order valence-corrected chi connectivity index (χ0v) is 13.9. The van der Waals surface area contributed by atoms with E-state index in [9.17, 15) is 0 Å². The van der Waals surface area contributed by atoms with Crippen LogP contribution in [0.3, 0.4) is 0 Å². The minimum Gasteiger partial charge on any atom is -0.368 e. The van der Waals surface area contributed by atoms with Gasteiger partial charge in [0.2, 0.25) is 0 Å². The van der Waals surface area contributed by atoms with E-state index in [-0.39, 0.29) is 0 Å². The number of anilines is 2. The summed E-state index contributed by atoms with van der Waals surface area (Å²) in [5.74, 6) is 2.58. The van der Waals surface area contributed by atoms with Gasteiger partial charge >= 0.3 is 0 Å². The van der Waals surface area contributed by atoms with Gasteiger partial charge in [-0.3, -0.25) is 0 Å². The molecular formula is C16H25N7. The highest BCUT2D eigenvalue weighted by molar-refractivity contribution is 5.46. The van der Waals surface area contributed by atoms with Gasteiger partial charge in [0.1, 0.15) is 24.3 Å². The second-order valence-electron chi connectivity index (χ2n) is 6.39. The van der Waals surface area contributed by atoms with Crippen molar-refractivity contribution in [1.82, 2.24) is 24.7 Å². The molecule has 2 aromatic heterocycles. The molecular weight excluding hydrogens is 290 g/mol. The quantitative estimate of drug-likeness (QED) is 0.853. The maximum absolute atomic E-state index is 4.27. The Bertz CT molecular complexity index is 616. The molecule has 0 spiro atoms. The van der Waals surface area contributed by atoms with E-state index in [0.29, 0.717) is 18.6 Å². The Hall–Kier alpha value is -2.18. The lowest BCUT2D eigenvalue weighted by Gasteiger charge is -2.24. The van der Waals surface area contributed by atoms with E-state index in [0.717, 1.165) is 17.5 Å². The predicted molar refractivity (Wildman–Crippen MR) is 90.3 cm³/mol. The van der Waals surface area contributed by atoms with Gasteiger partial charge in [-0.1, -0.05) is 19.3 Å². The number of hydrogen-bond donors (Lipinski definition) is 2. The fraction of sp³-hybridized carbons (Fsp3) is 0.625. The van der Waals surface area contributed by atoms with E-state index in [1.165, 1.54) is 32.1 Å².